The standard InChI is InChI=1S/C43H82NO12P/c1-3-5-7-9-11-13-15-17-19-21-23-25-27-29-32-51-34-37(55-39(45)30-28-26-24-22-20-18-16-14-12-10-8-6-4-2)35-52-43-42(48)41(47)40(46)38(56-43)36-54-57(49,50)53-33-31-44/h14,16,29,32,37-38,40-43,46-48H,3-13,15,17-28,30-31,33-36,44H2,1-2H3,(H,49,50)/b16-14-,32-29-/t37-,38-,40-,41?,42?,43-/m1/s1. The van der Waals surface area contributed by atoms with Crippen molar-refractivity contribution in [1.29, 1.82) is 0 Å². The molecule has 3 unspecified atom stereocenters. The largest absolute Gasteiger partial charge is 0.498 e. The van der Waals surface area contributed by atoms with Crippen molar-refractivity contribution in [3.05, 3.63) is 24.5 Å². The molecule has 1 rings (SSSR count). The fraction of sp³-hybridized carbons (Fsp3) is 0.884. The lowest BCUT2D eigenvalue weighted by atomic mass is 9.99. The molecule has 0 spiro atoms. The maximum absolute atomic E-state index is 12.8. The van der Waals surface area contributed by atoms with Gasteiger partial charge in [0.25, 0.3) is 0 Å². The number of esters is 1. The molecule has 0 bridgehead atoms. The van der Waals surface area contributed by atoms with E-state index < -0.39 is 57.2 Å². The molecule has 6 N–H and O–H groups in total. The molecule has 14 heteroatoms. The highest BCUT2D eigenvalue weighted by Gasteiger charge is 2.45. The van der Waals surface area contributed by atoms with Crippen LogP contribution < -0.4 is 5.73 Å². The van der Waals surface area contributed by atoms with E-state index in [4.69, 9.17) is 33.7 Å². The molecule has 1 saturated heterocycles. The summed E-state index contributed by atoms with van der Waals surface area (Å²) in [5, 5.41) is 31.5. The summed E-state index contributed by atoms with van der Waals surface area (Å²) in [5.74, 6) is -0.401. The zero-order valence-electron chi connectivity index (χ0n) is 35.6. The van der Waals surface area contributed by atoms with Crippen molar-refractivity contribution in [3.8, 4) is 0 Å². The van der Waals surface area contributed by atoms with Crippen LogP contribution in [0.2, 0.25) is 0 Å². The first kappa shape index (κ1) is 53.6. The number of carbonyl (C=O) groups is 1. The highest BCUT2D eigenvalue weighted by atomic mass is 31.2. The van der Waals surface area contributed by atoms with Crippen LogP contribution in [0.3, 0.4) is 0 Å². The van der Waals surface area contributed by atoms with Gasteiger partial charge < -0.3 is 44.9 Å². The number of phosphoric acid groups is 1. The molecule has 0 aromatic heterocycles. The molecule has 0 aromatic carbocycles. The van der Waals surface area contributed by atoms with Crippen molar-refractivity contribution in [2.24, 2.45) is 5.73 Å². The molecule has 1 aliphatic heterocycles. The van der Waals surface area contributed by atoms with Crippen molar-refractivity contribution < 1.29 is 57.6 Å². The van der Waals surface area contributed by atoms with Crippen molar-refractivity contribution in [2.75, 3.05) is 33.0 Å². The van der Waals surface area contributed by atoms with Crippen LogP contribution >= 0.6 is 7.82 Å². The molecule has 1 fully saturated rings. The number of ether oxygens (including phenoxy) is 4. The summed E-state index contributed by atoms with van der Waals surface area (Å²) in [4.78, 5) is 22.7. The van der Waals surface area contributed by atoms with Gasteiger partial charge in [-0.1, -0.05) is 135 Å². The average Bonchev–Trinajstić information content (AvgIpc) is 3.19. The zero-order chi connectivity index (χ0) is 41.8. The lowest BCUT2D eigenvalue weighted by molar-refractivity contribution is -0.304. The van der Waals surface area contributed by atoms with E-state index in [-0.39, 0.29) is 32.8 Å². The fourth-order valence-electron chi connectivity index (χ4n) is 6.52. The lowest BCUT2D eigenvalue weighted by Crippen LogP contribution is -2.59. The van der Waals surface area contributed by atoms with Gasteiger partial charge in [0.05, 0.1) is 26.1 Å². The molecule has 1 aliphatic rings. The normalized spacial score (nSPS) is 21.6. The maximum atomic E-state index is 12.8. The summed E-state index contributed by atoms with van der Waals surface area (Å²) in [6.45, 7) is 3.31. The van der Waals surface area contributed by atoms with Gasteiger partial charge in [0, 0.05) is 13.0 Å². The molecule has 0 aliphatic carbocycles. The number of hydrogen-bond donors (Lipinski definition) is 5. The van der Waals surface area contributed by atoms with Gasteiger partial charge in [0.2, 0.25) is 0 Å². The van der Waals surface area contributed by atoms with Crippen molar-refractivity contribution in [1.82, 2.24) is 0 Å². The molecule has 336 valence electrons. The third-order valence-corrected chi connectivity index (χ3v) is 11.0. The minimum atomic E-state index is -4.51. The van der Waals surface area contributed by atoms with E-state index in [1.54, 1.807) is 6.26 Å². The number of hydrogen-bond acceptors (Lipinski definition) is 12. The predicted octanol–water partition coefficient (Wildman–Crippen LogP) is 8.69. The average molecular weight is 836 g/mol. The first-order valence-electron chi connectivity index (χ1n) is 22.4. The Morgan fingerprint density at radius 1 is 0.684 bits per heavy atom. The van der Waals surface area contributed by atoms with Gasteiger partial charge in [-0.2, -0.15) is 0 Å². The Kier molecular flexibility index (Phi) is 34.3. The maximum Gasteiger partial charge on any atom is 0.472 e. The zero-order valence-corrected chi connectivity index (χ0v) is 36.5. The summed E-state index contributed by atoms with van der Waals surface area (Å²) < 4.78 is 44.4. The van der Waals surface area contributed by atoms with Gasteiger partial charge in [-0.25, -0.2) is 4.57 Å². The van der Waals surface area contributed by atoms with Gasteiger partial charge in [-0.3, -0.25) is 13.8 Å². The monoisotopic (exact) mass is 836 g/mol. The number of nitrogens with two attached hydrogens (primary N) is 1. The smallest absolute Gasteiger partial charge is 0.472 e. The van der Waals surface area contributed by atoms with E-state index in [0.29, 0.717) is 6.42 Å². The molecule has 13 nitrogen and oxygen atoms in total. The molecule has 57 heavy (non-hydrogen) atoms. The molecule has 7 atom stereocenters. The van der Waals surface area contributed by atoms with Gasteiger partial charge >= 0.3 is 13.8 Å². The molecule has 0 aromatic rings. The van der Waals surface area contributed by atoms with E-state index in [0.717, 1.165) is 57.8 Å². The van der Waals surface area contributed by atoms with Crippen LogP contribution in [0.4, 0.5) is 0 Å². The SMILES string of the molecule is CCCCCC/C=C\CCCCCCCC(=O)O[C@H](CO/C=C\CCCCCCCCCCCCCC)CO[C@@H]1O[C@H](COP(=O)(O)OCCN)[C@@H](O)C(O)C1O. The third-order valence-electron chi connectivity index (χ3n) is 10.0. The summed E-state index contributed by atoms with van der Waals surface area (Å²) in [5.41, 5.74) is 5.30. The first-order valence-corrected chi connectivity index (χ1v) is 23.9. The highest BCUT2D eigenvalue weighted by Crippen LogP contribution is 2.43. The van der Waals surface area contributed by atoms with Gasteiger partial charge in [0.1, 0.15) is 31.0 Å². The minimum Gasteiger partial charge on any atom is -0.498 e. The van der Waals surface area contributed by atoms with E-state index in [2.05, 4.69) is 26.0 Å². The number of phosphoric ester groups is 1. The fourth-order valence-corrected chi connectivity index (χ4v) is 7.26. The molecular formula is C43H82NO12P. The Morgan fingerprint density at radius 3 is 1.75 bits per heavy atom. The van der Waals surface area contributed by atoms with Crippen molar-refractivity contribution in [2.45, 2.75) is 211 Å². The minimum absolute atomic E-state index is 0.0144. The quantitative estimate of drug-likeness (QED) is 0.0130. The molecule has 0 saturated carbocycles. The Labute approximate surface area is 345 Å². The van der Waals surface area contributed by atoms with Gasteiger partial charge in [-0.15, -0.1) is 0 Å². The van der Waals surface area contributed by atoms with E-state index in [9.17, 15) is 29.6 Å². The topological polar surface area (TPSA) is 196 Å². The first-order chi connectivity index (χ1) is 27.6. The molecular weight excluding hydrogens is 753 g/mol. The Hall–Kier alpha value is -1.38. The number of carbonyl (C=O) groups excluding carboxylic acids is 1. The second kappa shape index (κ2) is 36.5. The van der Waals surface area contributed by atoms with Crippen LogP contribution in [-0.2, 0) is 37.4 Å². The van der Waals surface area contributed by atoms with Crippen LogP contribution in [0.5, 0.6) is 0 Å². The third kappa shape index (κ3) is 29.5. The summed E-state index contributed by atoms with van der Waals surface area (Å²) in [7, 11) is -4.51. The van der Waals surface area contributed by atoms with Crippen molar-refractivity contribution >= 4 is 13.8 Å². The van der Waals surface area contributed by atoms with E-state index >= 15 is 0 Å². The van der Waals surface area contributed by atoms with E-state index in [1.165, 1.54) is 89.9 Å². The number of unbranched alkanes of at least 4 members (excludes halogenated alkanes) is 21. The highest BCUT2D eigenvalue weighted by molar-refractivity contribution is 7.47. The Balaban J connectivity index is 2.54. The molecule has 1 heterocycles. The predicted molar refractivity (Wildman–Crippen MR) is 224 cm³/mol. The van der Waals surface area contributed by atoms with Crippen LogP contribution in [0.1, 0.15) is 174 Å². The van der Waals surface area contributed by atoms with Gasteiger partial charge in [-0.05, 0) is 51.0 Å². The van der Waals surface area contributed by atoms with E-state index in [1.807, 2.05) is 6.08 Å². The van der Waals surface area contributed by atoms with Crippen LogP contribution in [0, 0.1) is 0 Å². The summed E-state index contributed by atoms with van der Waals surface area (Å²) >= 11 is 0. The number of aliphatic hydroxyl groups is 3. The number of allylic oxidation sites excluding steroid dienone is 3. The second-order valence-corrected chi connectivity index (χ2v) is 16.8. The number of rotatable bonds is 39. The number of aliphatic hydroxyl groups excluding tert-OH is 3. The summed E-state index contributed by atoms with van der Waals surface area (Å²) in [6.07, 6.45) is 28.2. The van der Waals surface area contributed by atoms with Crippen LogP contribution in [-0.4, -0.2) is 96.0 Å². The Bertz CT molecular complexity index is 1050. The second-order valence-electron chi connectivity index (χ2n) is 15.4. The van der Waals surface area contributed by atoms with Crippen LogP contribution in [0.15, 0.2) is 24.5 Å². The Morgan fingerprint density at radius 2 is 1.19 bits per heavy atom. The van der Waals surface area contributed by atoms with Crippen LogP contribution in [0.25, 0.3) is 0 Å². The lowest BCUT2D eigenvalue weighted by Gasteiger charge is -2.40. The molecule has 0 amide bonds. The van der Waals surface area contributed by atoms with Gasteiger partial charge in [0.15, 0.2) is 12.4 Å². The summed E-state index contributed by atoms with van der Waals surface area (Å²) in [6, 6.07) is 0. The van der Waals surface area contributed by atoms with Crippen molar-refractivity contribution in [3.63, 3.8) is 0 Å². The molecule has 0 radical (unpaired) electrons.